The maximum Gasteiger partial charge on any atom is 0.366 e. The van der Waals surface area contributed by atoms with Gasteiger partial charge in [-0.2, -0.15) is 0 Å². The van der Waals surface area contributed by atoms with Gasteiger partial charge in [-0.05, 0) is 24.3 Å². The van der Waals surface area contributed by atoms with E-state index in [-0.39, 0.29) is 0 Å². The fourth-order valence-electron chi connectivity index (χ4n) is 0.959. The van der Waals surface area contributed by atoms with Crippen LogP contribution in [0.3, 0.4) is 0 Å². The fraction of sp³-hybridized carbons (Fsp3) is 0.333. The van der Waals surface area contributed by atoms with Gasteiger partial charge in [-0.1, -0.05) is 6.82 Å². The molecule has 2 nitrogen and oxygen atoms in total. The van der Waals surface area contributed by atoms with Gasteiger partial charge >= 0.3 is 7.48 Å². The minimum absolute atomic E-state index is 0.878. The molecule has 0 saturated heterocycles. The van der Waals surface area contributed by atoms with Crippen LogP contribution < -0.4 is 9.55 Å². The highest BCUT2D eigenvalue weighted by atomic mass is 16.4. The van der Waals surface area contributed by atoms with E-state index >= 15 is 0 Å². The molecule has 0 amide bonds. The first-order valence-corrected chi connectivity index (χ1v) is 3.96. The SMILES string of the molecule is C[B]Oc1ccc(N(C)C)cc1. The minimum atomic E-state index is 0.878. The molecular formula is C9H13BNO. The fourth-order valence-corrected chi connectivity index (χ4v) is 0.959. The average Bonchev–Trinajstić information content (AvgIpc) is 2.06. The summed E-state index contributed by atoms with van der Waals surface area (Å²) in [5.74, 6) is 0.878. The molecule has 1 radical (unpaired) electrons. The monoisotopic (exact) mass is 162 g/mol. The number of hydrogen-bond acceptors (Lipinski definition) is 2. The molecule has 12 heavy (non-hydrogen) atoms. The lowest BCUT2D eigenvalue weighted by Crippen LogP contribution is -2.08. The predicted molar refractivity (Wildman–Crippen MR) is 53.0 cm³/mol. The Hall–Kier alpha value is -1.12. The number of nitrogens with zero attached hydrogens (tertiary/aromatic N) is 1. The van der Waals surface area contributed by atoms with Crippen LogP contribution in [0, 0.1) is 0 Å². The van der Waals surface area contributed by atoms with Crippen molar-refractivity contribution < 1.29 is 4.65 Å². The number of benzene rings is 1. The summed E-state index contributed by atoms with van der Waals surface area (Å²) < 4.78 is 5.20. The van der Waals surface area contributed by atoms with Crippen LogP contribution in [0.1, 0.15) is 0 Å². The average molecular weight is 162 g/mol. The zero-order valence-corrected chi connectivity index (χ0v) is 7.74. The molecule has 0 unspecified atom stereocenters. The Labute approximate surface area is 74.4 Å². The highest BCUT2D eigenvalue weighted by Crippen LogP contribution is 2.16. The molecule has 0 saturated carbocycles. The molecule has 1 aromatic carbocycles. The lowest BCUT2D eigenvalue weighted by atomic mass is 10.1. The summed E-state index contributed by atoms with van der Waals surface area (Å²) in [5.41, 5.74) is 1.18. The van der Waals surface area contributed by atoms with Gasteiger partial charge < -0.3 is 9.55 Å². The molecule has 0 heterocycles. The van der Waals surface area contributed by atoms with Gasteiger partial charge in [0.05, 0.1) is 5.75 Å². The largest absolute Gasteiger partial charge is 0.564 e. The highest BCUT2D eigenvalue weighted by molar-refractivity contribution is 6.26. The van der Waals surface area contributed by atoms with Crippen LogP contribution in [0.5, 0.6) is 5.75 Å². The molecule has 1 rings (SSSR count). The molecule has 0 aliphatic carbocycles. The van der Waals surface area contributed by atoms with Crippen molar-refractivity contribution in [3.8, 4) is 5.75 Å². The summed E-state index contributed by atoms with van der Waals surface area (Å²) in [5, 5.41) is 0. The summed E-state index contributed by atoms with van der Waals surface area (Å²) in [4.78, 5) is 2.06. The van der Waals surface area contributed by atoms with Gasteiger partial charge in [-0.3, -0.25) is 0 Å². The van der Waals surface area contributed by atoms with Crippen molar-refractivity contribution in [2.24, 2.45) is 0 Å². The number of hydrogen-bond donors (Lipinski definition) is 0. The van der Waals surface area contributed by atoms with E-state index in [2.05, 4.69) is 4.90 Å². The van der Waals surface area contributed by atoms with Gasteiger partial charge in [0, 0.05) is 19.8 Å². The Morgan fingerprint density at radius 2 is 1.75 bits per heavy atom. The minimum Gasteiger partial charge on any atom is -0.564 e. The lowest BCUT2D eigenvalue weighted by Gasteiger charge is -2.12. The highest BCUT2D eigenvalue weighted by Gasteiger charge is 1.95. The maximum absolute atomic E-state index is 5.20. The molecule has 0 spiro atoms. The molecule has 3 heteroatoms. The van der Waals surface area contributed by atoms with Crippen LogP contribution in [0.15, 0.2) is 24.3 Å². The third-order valence-electron chi connectivity index (χ3n) is 1.61. The van der Waals surface area contributed by atoms with Crippen molar-refractivity contribution in [2.75, 3.05) is 19.0 Å². The van der Waals surface area contributed by atoms with E-state index in [0.717, 1.165) is 5.75 Å². The Kier molecular flexibility index (Phi) is 3.03. The summed E-state index contributed by atoms with van der Waals surface area (Å²) >= 11 is 0. The Morgan fingerprint density at radius 1 is 1.17 bits per heavy atom. The smallest absolute Gasteiger partial charge is 0.366 e. The lowest BCUT2D eigenvalue weighted by molar-refractivity contribution is 0.600. The van der Waals surface area contributed by atoms with Crippen LogP contribution in [0.4, 0.5) is 5.69 Å². The molecule has 0 atom stereocenters. The van der Waals surface area contributed by atoms with Crippen molar-refractivity contribution >= 4 is 13.2 Å². The van der Waals surface area contributed by atoms with Crippen LogP contribution in [-0.2, 0) is 0 Å². The summed E-state index contributed by atoms with van der Waals surface area (Å²) in [6, 6.07) is 7.96. The van der Waals surface area contributed by atoms with Crippen molar-refractivity contribution in [3.05, 3.63) is 24.3 Å². The normalized spacial score (nSPS) is 9.25. The quantitative estimate of drug-likeness (QED) is 0.628. The van der Waals surface area contributed by atoms with Crippen molar-refractivity contribution in [1.29, 1.82) is 0 Å². The second-order valence-electron chi connectivity index (χ2n) is 2.74. The van der Waals surface area contributed by atoms with Gasteiger partial charge in [0.15, 0.2) is 0 Å². The van der Waals surface area contributed by atoms with Crippen molar-refractivity contribution in [3.63, 3.8) is 0 Å². The standard InChI is InChI=1S/C9H13BNO/c1-10-12-9-6-4-8(5-7-9)11(2)3/h4-7H,1-3H3. The van der Waals surface area contributed by atoms with E-state index < -0.39 is 0 Å². The first kappa shape index (κ1) is 8.98. The van der Waals surface area contributed by atoms with Crippen molar-refractivity contribution in [2.45, 2.75) is 6.82 Å². The van der Waals surface area contributed by atoms with Gasteiger partial charge in [-0.25, -0.2) is 0 Å². The van der Waals surface area contributed by atoms with E-state index in [4.69, 9.17) is 4.65 Å². The van der Waals surface area contributed by atoms with Crippen LogP contribution in [-0.4, -0.2) is 21.6 Å². The van der Waals surface area contributed by atoms with Gasteiger partial charge in [0.25, 0.3) is 0 Å². The summed E-state index contributed by atoms with van der Waals surface area (Å²) in [6.07, 6.45) is 0. The third-order valence-corrected chi connectivity index (χ3v) is 1.61. The molecule has 1 aromatic rings. The first-order valence-electron chi connectivity index (χ1n) is 3.96. The molecule has 0 aromatic heterocycles. The van der Waals surface area contributed by atoms with E-state index in [1.54, 1.807) is 7.48 Å². The molecular weight excluding hydrogens is 149 g/mol. The van der Waals surface area contributed by atoms with E-state index in [1.807, 2.05) is 45.2 Å². The summed E-state index contributed by atoms with van der Waals surface area (Å²) in [6.45, 7) is 1.86. The Bertz CT molecular complexity index is 233. The zero-order chi connectivity index (χ0) is 8.97. The Balaban J connectivity index is 2.71. The summed E-state index contributed by atoms with van der Waals surface area (Å²) in [7, 11) is 5.70. The molecule has 63 valence electrons. The first-order chi connectivity index (χ1) is 5.74. The third kappa shape index (κ3) is 2.19. The van der Waals surface area contributed by atoms with Gasteiger partial charge in [0.2, 0.25) is 0 Å². The van der Waals surface area contributed by atoms with Crippen LogP contribution in [0.25, 0.3) is 0 Å². The Morgan fingerprint density at radius 3 is 2.17 bits per heavy atom. The zero-order valence-electron chi connectivity index (χ0n) is 7.74. The molecule has 0 fully saturated rings. The topological polar surface area (TPSA) is 12.5 Å². The second kappa shape index (κ2) is 4.05. The van der Waals surface area contributed by atoms with E-state index in [9.17, 15) is 0 Å². The van der Waals surface area contributed by atoms with E-state index in [1.165, 1.54) is 5.69 Å². The molecule has 0 aliphatic rings. The number of anilines is 1. The maximum atomic E-state index is 5.20. The molecule has 0 bridgehead atoms. The van der Waals surface area contributed by atoms with Gasteiger partial charge in [-0.15, -0.1) is 0 Å². The van der Waals surface area contributed by atoms with E-state index in [0.29, 0.717) is 0 Å². The number of rotatable bonds is 3. The predicted octanol–water partition coefficient (Wildman–Crippen LogP) is 1.80. The van der Waals surface area contributed by atoms with Gasteiger partial charge in [0.1, 0.15) is 0 Å². The van der Waals surface area contributed by atoms with Crippen molar-refractivity contribution in [1.82, 2.24) is 0 Å². The van der Waals surface area contributed by atoms with Crippen LogP contribution >= 0.6 is 0 Å². The van der Waals surface area contributed by atoms with Crippen LogP contribution in [0.2, 0.25) is 6.82 Å². The molecule has 0 aliphatic heterocycles. The molecule has 0 N–H and O–H groups in total. The second-order valence-corrected chi connectivity index (χ2v) is 2.74.